The van der Waals surface area contributed by atoms with Crippen LogP contribution in [0.1, 0.15) is 5.69 Å². The molecule has 4 rings (SSSR count). The molecule has 1 atom stereocenters. The Hall–Kier alpha value is -3.03. The SMILES string of the molecule is Cc1nc(N2C[C@H](C(F)F)CN(c3ccc(-c4cc(F)ccc4F)cc3)C2=O)sc1S(N)(=O)=O. The molecule has 180 valence electrons. The molecule has 0 saturated carbocycles. The number of aryl methyl sites for hydroxylation is 1. The van der Waals surface area contributed by atoms with Crippen LogP contribution in [0.5, 0.6) is 0 Å². The third-order valence-corrected chi connectivity index (χ3v) is 8.04. The molecule has 0 bridgehead atoms. The van der Waals surface area contributed by atoms with Gasteiger partial charge in [0, 0.05) is 24.3 Å². The fourth-order valence-corrected chi connectivity index (χ4v) is 5.60. The largest absolute Gasteiger partial charge is 0.330 e. The normalized spacial score (nSPS) is 17.0. The van der Waals surface area contributed by atoms with Crippen LogP contribution in [0.25, 0.3) is 11.1 Å². The fourth-order valence-electron chi connectivity index (χ4n) is 3.65. The number of nitrogens with zero attached hydrogens (tertiary/aromatic N) is 3. The zero-order valence-corrected chi connectivity index (χ0v) is 19.2. The molecule has 3 aromatic rings. The van der Waals surface area contributed by atoms with Crippen LogP contribution in [0, 0.1) is 24.5 Å². The number of hydrogen-bond acceptors (Lipinski definition) is 5. The fraction of sp³-hybridized carbons (Fsp3) is 0.238. The third-order valence-electron chi connectivity index (χ3n) is 5.30. The number of alkyl halides is 2. The summed E-state index contributed by atoms with van der Waals surface area (Å²) in [6.07, 6.45) is -2.77. The van der Waals surface area contributed by atoms with Crippen LogP contribution in [0.2, 0.25) is 0 Å². The van der Waals surface area contributed by atoms with E-state index in [0.29, 0.717) is 16.9 Å². The number of hydrogen-bond donors (Lipinski definition) is 1. The van der Waals surface area contributed by atoms with Gasteiger partial charge in [-0.3, -0.25) is 9.80 Å². The Morgan fingerprint density at radius 1 is 1.09 bits per heavy atom. The number of anilines is 2. The van der Waals surface area contributed by atoms with Crippen molar-refractivity contribution < 1.29 is 30.8 Å². The first-order valence-electron chi connectivity index (χ1n) is 9.88. The number of nitrogens with two attached hydrogens (primary N) is 1. The maximum atomic E-state index is 14.1. The summed E-state index contributed by atoms with van der Waals surface area (Å²) in [6.45, 7) is 0.727. The van der Waals surface area contributed by atoms with Crippen molar-refractivity contribution >= 4 is 38.2 Å². The van der Waals surface area contributed by atoms with E-state index in [2.05, 4.69) is 4.98 Å². The van der Waals surface area contributed by atoms with Crippen LogP contribution < -0.4 is 14.9 Å². The van der Waals surface area contributed by atoms with Gasteiger partial charge < -0.3 is 0 Å². The molecular weight excluding hydrogens is 496 g/mol. The van der Waals surface area contributed by atoms with E-state index in [9.17, 15) is 30.8 Å². The molecule has 1 aromatic heterocycles. The molecule has 1 aliphatic heterocycles. The lowest BCUT2D eigenvalue weighted by atomic mass is 10.0. The summed E-state index contributed by atoms with van der Waals surface area (Å²) in [5.41, 5.74) is 0.654. The van der Waals surface area contributed by atoms with Gasteiger partial charge in [0.25, 0.3) is 0 Å². The average Bonchev–Trinajstić information content (AvgIpc) is 3.17. The Kier molecular flexibility index (Phi) is 6.36. The van der Waals surface area contributed by atoms with E-state index in [0.717, 1.165) is 28.0 Å². The second-order valence-electron chi connectivity index (χ2n) is 7.68. The Morgan fingerprint density at radius 2 is 1.74 bits per heavy atom. The molecule has 13 heteroatoms. The van der Waals surface area contributed by atoms with Crippen LogP contribution in [0.15, 0.2) is 46.7 Å². The Bertz CT molecular complexity index is 1350. The molecule has 2 heterocycles. The van der Waals surface area contributed by atoms with Gasteiger partial charge in [-0.15, -0.1) is 0 Å². The number of sulfonamides is 1. The van der Waals surface area contributed by atoms with Gasteiger partial charge in [-0.05, 0) is 42.8 Å². The van der Waals surface area contributed by atoms with Crippen molar-refractivity contribution in [2.75, 3.05) is 22.9 Å². The van der Waals surface area contributed by atoms with E-state index in [-0.39, 0.29) is 39.4 Å². The van der Waals surface area contributed by atoms with Crippen LogP contribution in [0.3, 0.4) is 0 Å². The lowest BCUT2D eigenvalue weighted by molar-refractivity contribution is 0.0810. The quantitative estimate of drug-likeness (QED) is 0.512. The van der Waals surface area contributed by atoms with Gasteiger partial charge >= 0.3 is 6.03 Å². The summed E-state index contributed by atoms with van der Waals surface area (Å²) in [6, 6.07) is 8.09. The van der Waals surface area contributed by atoms with E-state index in [1.54, 1.807) is 0 Å². The minimum Gasteiger partial charge on any atom is -0.293 e. The number of carbonyl (C=O) groups excluding carboxylic acids is 1. The maximum absolute atomic E-state index is 14.1. The number of benzene rings is 2. The zero-order chi connectivity index (χ0) is 24.8. The molecule has 2 N–H and O–H groups in total. The monoisotopic (exact) mass is 514 g/mol. The lowest BCUT2D eigenvalue weighted by Crippen LogP contribution is -2.55. The Balaban J connectivity index is 1.69. The van der Waals surface area contributed by atoms with Gasteiger partial charge in [0.05, 0.1) is 11.6 Å². The van der Waals surface area contributed by atoms with Gasteiger partial charge in [-0.1, -0.05) is 23.5 Å². The van der Waals surface area contributed by atoms with Gasteiger partial charge in [-0.25, -0.2) is 40.9 Å². The van der Waals surface area contributed by atoms with E-state index in [4.69, 9.17) is 5.14 Å². The number of amides is 2. The molecule has 7 nitrogen and oxygen atoms in total. The van der Waals surface area contributed by atoms with Gasteiger partial charge in [-0.2, -0.15) is 0 Å². The summed E-state index contributed by atoms with van der Waals surface area (Å²) < 4.78 is 78.2. The molecule has 34 heavy (non-hydrogen) atoms. The van der Waals surface area contributed by atoms with Crippen molar-refractivity contribution in [2.24, 2.45) is 11.1 Å². The van der Waals surface area contributed by atoms with E-state index < -0.39 is 40.0 Å². The molecule has 0 aliphatic carbocycles. The third kappa shape index (κ3) is 4.63. The van der Waals surface area contributed by atoms with Crippen LogP contribution in [0.4, 0.5) is 33.2 Å². The van der Waals surface area contributed by atoms with E-state index in [1.165, 1.54) is 31.2 Å². The maximum Gasteiger partial charge on any atom is 0.330 e. The number of primary sulfonamides is 1. The number of aromatic nitrogens is 1. The van der Waals surface area contributed by atoms with Gasteiger partial charge in [0.15, 0.2) is 9.34 Å². The number of rotatable bonds is 5. The van der Waals surface area contributed by atoms with Gasteiger partial charge in [0.1, 0.15) is 11.6 Å². The van der Waals surface area contributed by atoms with Crippen molar-refractivity contribution in [3.63, 3.8) is 0 Å². The first kappa shape index (κ1) is 24.1. The van der Waals surface area contributed by atoms with E-state index >= 15 is 0 Å². The van der Waals surface area contributed by atoms with Crippen molar-refractivity contribution in [3.8, 4) is 11.1 Å². The summed E-state index contributed by atoms with van der Waals surface area (Å²) in [7, 11) is -4.10. The Labute approximate surface area is 196 Å². The number of thiazole rings is 1. The van der Waals surface area contributed by atoms with Gasteiger partial charge in [0.2, 0.25) is 16.4 Å². The first-order chi connectivity index (χ1) is 16.0. The van der Waals surface area contributed by atoms with Crippen molar-refractivity contribution in [1.29, 1.82) is 0 Å². The highest BCUT2D eigenvalue weighted by Crippen LogP contribution is 2.35. The number of halogens is 4. The van der Waals surface area contributed by atoms with Crippen LogP contribution in [-0.4, -0.2) is 38.9 Å². The standard InChI is InChI=1S/C21H18F4N4O3S2/c1-11-19(34(26,31)32)33-20(27-11)29-10-13(18(24)25)9-28(21(29)30)15-5-2-12(3-6-15)16-8-14(22)4-7-17(16)23/h2-8,13,18H,9-10H2,1H3,(H2,26,31,32)/t13-/m1/s1. The minimum atomic E-state index is -4.10. The molecule has 0 spiro atoms. The highest BCUT2D eigenvalue weighted by molar-refractivity contribution is 7.91. The lowest BCUT2D eigenvalue weighted by Gasteiger charge is -2.38. The molecule has 0 radical (unpaired) electrons. The van der Waals surface area contributed by atoms with Crippen molar-refractivity contribution in [3.05, 3.63) is 59.8 Å². The van der Waals surface area contributed by atoms with Crippen LogP contribution in [-0.2, 0) is 10.0 Å². The predicted molar refractivity (Wildman–Crippen MR) is 120 cm³/mol. The molecule has 1 fully saturated rings. The summed E-state index contributed by atoms with van der Waals surface area (Å²) in [4.78, 5) is 19.4. The summed E-state index contributed by atoms with van der Waals surface area (Å²) in [5, 5.41) is 5.10. The van der Waals surface area contributed by atoms with Crippen LogP contribution >= 0.6 is 11.3 Å². The first-order valence-corrected chi connectivity index (χ1v) is 12.2. The molecule has 2 amide bonds. The highest BCUT2D eigenvalue weighted by Gasteiger charge is 2.39. The van der Waals surface area contributed by atoms with Crippen molar-refractivity contribution in [2.45, 2.75) is 17.6 Å². The molecule has 0 unspecified atom stereocenters. The molecule has 1 aliphatic rings. The highest BCUT2D eigenvalue weighted by atomic mass is 32.2. The Morgan fingerprint density at radius 3 is 2.32 bits per heavy atom. The van der Waals surface area contributed by atoms with E-state index in [1.807, 2.05) is 0 Å². The molecular formula is C21H18F4N4O3S2. The molecule has 2 aromatic carbocycles. The summed E-state index contributed by atoms with van der Waals surface area (Å²) >= 11 is 0.623. The zero-order valence-electron chi connectivity index (χ0n) is 17.6. The predicted octanol–water partition coefficient (Wildman–Crippen LogP) is 4.37. The smallest absolute Gasteiger partial charge is 0.293 e. The summed E-state index contributed by atoms with van der Waals surface area (Å²) in [5.74, 6) is -2.52. The number of carbonyl (C=O) groups is 1. The number of urea groups is 1. The second-order valence-corrected chi connectivity index (χ2v) is 10.4. The van der Waals surface area contributed by atoms with Crippen molar-refractivity contribution in [1.82, 2.24) is 4.98 Å². The minimum absolute atomic E-state index is 0.0115. The molecule has 1 saturated heterocycles. The average molecular weight is 515 g/mol. The second kappa shape index (κ2) is 8.96. The topological polar surface area (TPSA) is 96.6 Å².